The Morgan fingerprint density at radius 1 is 1.00 bits per heavy atom. The van der Waals surface area contributed by atoms with E-state index >= 15 is 0 Å². The van der Waals surface area contributed by atoms with Gasteiger partial charge in [-0.15, -0.1) is 11.3 Å². The lowest BCUT2D eigenvalue weighted by atomic mass is 9.90. The van der Waals surface area contributed by atoms with Gasteiger partial charge in [0.15, 0.2) is 0 Å². The van der Waals surface area contributed by atoms with Crippen molar-refractivity contribution in [3.8, 4) is 10.6 Å². The normalized spacial score (nSPS) is 13.5. The quantitative estimate of drug-likeness (QED) is 0.503. The van der Waals surface area contributed by atoms with Crippen LogP contribution >= 0.6 is 34.5 Å². The van der Waals surface area contributed by atoms with E-state index in [1.54, 1.807) is 49.6 Å². The van der Waals surface area contributed by atoms with Gasteiger partial charge in [-0.05, 0) is 38.1 Å². The summed E-state index contributed by atoms with van der Waals surface area (Å²) in [4.78, 5) is 47.5. The molecule has 0 saturated heterocycles. The van der Waals surface area contributed by atoms with Gasteiger partial charge in [-0.1, -0.05) is 46.5 Å². The average molecular weight is 461 g/mol. The van der Waals surface area contributed by atoms with E-state index in [0.29, 0.717) is 31.4 Å². The van der Waals surface area contributed by atoms with Crippen molar-refractivity contribution < 1.29 is 19.2 Å². The topological polar surface area (TPSA) is 76.6 Å². The van der Waals surface area contributed by atoms with Crippen LogP contribution in [0.5, 0.6) is 0 Å². The summed E-state index contributed by atoms with van der Waals surface area (Å²) in [5.41, 5.74) is 0.120. The van der Waals surface area contributed by atoms with E-state index in [0.717, 1.165) is 0 Å². The molecule has 2 amide bonds. The van der Waals surface area contributed by atoms with E-state index in [1.165, 1.54) is 23.5 Å². The van der Waals surface area contributed by atoms with E-state index in [4.69, 9.17) is 28.0 Å². The number of thiazole rings is 1. The van der Waals surface area contributed by atoms with Crippen molar-refractivity contribution in [2.75, 3.05) is 0 Å². The first-order valence-electron chi connectivity index (χ1n) is 8.82. The second-order valence-corrected chi connectivity index (χ2v) is 8.76. The number of nitrogens with zero attached hydrogens (tertiary/aromatic N) is 2. The third-order valence-electron chi connectivity index (χ3n) is 4.76. The molecule has 2 aromatic carbocycles. The van der Waals surface area contributed by atoms with Crippen molar-refractivity contribution in [2.45, 2.75) is 19.3 Å². The number of aromatic nitrogens is 1. The number of imide groups is 1. The van der Waals surface area contributed by atoms with Crippen molar-refractivity contribution in [1.82, 2.24) is 10.0 Å². The van der Waals surface area contributed by atoms with Crippen LogP contribution in [0, 0.1) is 0 Å². The minimum atomic E-state index is -1.24. The Bertz CT molecular complexity index is 1150. The van der Waals surface area contributed by atoms with Crippen molar-refractivity contribution in [1.29, 1.82) is 0 Å². The van der Waals surface area contributed by atoms with Crippen LogP contribution in [0.1, 0.15) is 40.3 Å². The predicted molar refractivity (Wildman–Crippen MR) is 114 cm³/mol. The second kappa shape index (κ2) is 7.50. The zero-order valence-electron chi connectivity index (χ0n) is 15.8. The van der Waals surface area contributed by atoms with Crippen LogP contribution in [-0.2, 0) is 15.0 Å². The van der Waals surface area contributed by atoms with E-state index in [2.05, 4.69) is 4.98 Å². The van der Waals surface area contributed by atoms with Gasteiger partial charge < -0.3 is 4.84 Å². The summed E-state index contributed by atoms with van der Waals surface area (Å²) in [6.45, 7) is 3.20. The maximum absolute atomic E-state index is 12.9. The standard InChI is InChI=1S/C21H14Cl2N2O4S/c1-21(2,15-10-30-17(24-15)16-13(22)8-5-9-14(16)23)20(28)29-25-18(26)11-6-3-4-7-12(11)19(25)27/h3-10H,1-2H3. The molecule has 6 nitrogen and oxygen atoms in total. The van der Waals surface area contributed by atoms with Crippen LogP contribution in [-0.4, -0.2) is 27.8 Å². The largest absolute Gasteiger partial charge is 0.344 e. The van der Waals surface area contributed by atoms with Gasteiger partial charge in [-0.2, -0.15) is 0 Å². The Kier molecular flexibility index (Phi) is 5.13. The van der Waals surface area contributed by atoms with Crippen LogP contribution < -0.4 is 0 Å². The van der Waals surface area contributed by atoms with Gasteiger partial charge in [-0.3, -0.25) is 9.59 Å². The van der Waals surface area contributed by atoms with Crippen molar-refractivity contribution >= 4 is 52.3 Å². The van der Waals surface area contributed by atoms with Gasteiger partial charge in [-0.25, -0.2) is 9.78 Å². The molecule has 0 saturated carbocycles. The number of carbonyl (C=O) groups excluding carboxylic acids is 3. The molecule has 0 atom stereocenters. The highest BCUT2D eigenvalue weighted by atomic mass is 35.5. The molecule has 0 fully saturated rings. The van der Waals surface area contributed by atoms with Gasteiger partial charge >= 0.3 is 5.97 Å². The molecule has 3 aromatic rings. The molecule has 152 valence electrons. The molecule has 4 rings (SSSR count). The number of fused-ring (bicyclic) bond motifs is 1. The number of carbonyl (C=O) groups is 3. The molecule has 2 heterocycles. The molecule has 0 unspecified atom stereocenters. The van der Waals surface area contributed by atoms with E-state index in [9.17, 15) is 14.4 Å². The molecule has 30 heavy (non-hydrogen) atoms. The number of benzene rings is 2. The number of halogens is 2. The van der Waals surface area contributed by atoms with Gasteiger partial charge in [0, 0.05) is 10.9 Å². The average Bonchev–Trinajstić information content (AvgIpc) is 3.29. The molecule has 0 bridgehead atoms. The Morgan fingerprint density at radius 2 is 1.57 bits per heavy atom. The summed E-state index contributed by atoms with van der Waals surface area (Å²) in [6.07, 6.45) is 0. The number of hydroxylamine groups is 2. The third-order valence-corrected chi connectivity index (χ3v) is 6.25. The molecular weight excluding hydrogens is 447 g/mol. The first-order chi connectivity index (χ1) is 14.2. The predicted octanol–water partition coefficient (Wildman–Crippen LogP) is 5.15. The summed E-state index contributed by atoms with van der Waals surface area (Å²) in [6, 6.07) is 11.4. The molecule has 1 aliphatic rings. The van der Waals surface area contributed by atoms with Crippen molar-refractivity contribution in [3.63, 3.8) is 0 Å². The smallest absolute Gasteiger partial charge is 0.329 e. The highest BCUT2D eigenvalue weighted by Crippen LogP contribution is 2.38. The summed E-state index contributed by atoms with van der Waals surface area (Å²) < 4.78 is 0. The molecule has 0 aliphatic carbocycles. The Hall–Kier alpha value is -2.74. The fourth-order valence-electron chi connectivity index (χ4n) is 2.93. The Morgan fingerprint density at radius 3 is 2.13 bits per heavy atom. The lowest BCUT2D eigenvalue weighted by molar-refractivity contribution is -0.174. The van der Waals surface area contributed by atoms with Gasteiger partial charge in [0.25, 0.3) is 11.8 Å². The number of rotatable bonds is 4. The van der Waals surface area contributed by atoms with E-state index in [-0.39, 0.29) is 11.1 Å². The molecule has 1 aromatic heterocycles. The SMILES string of the molecule is CC(C)(C(=O)ON1C(=O)c2ccccc2C1=O)c1csc(-c2c(Cl)cccc2Cl)n1. The fourth-order valence-corrected chi connectivity index (χ4v) is 4.68. The number of amides is 2. The van der Waals surface area contributed by atoms with Crippen molar-refractivity contribution in [2.24, 2.45) is 0 Å². The van der Waals surface area contributed by atoms with Crippen LogP contribution in [0.2, 0.25) is 10.0 Å². The molecule has 0 N–H and O–H groups in total. The Balaban J connectivity index is 1.59. The van der Waals surface area contributed by atoms with Crippen LogP contribution in [0.3, 0.4) is 0 Å². The first kappa shape index (κ1) is 20.5. The maximum Gasteiger partial charge on any atom is 0.344 e. The van der Waals surface area contributed by atoms with Crippen LogP contribution in [0.25, 0.3) is 10.6 Å². The molecule has 0 radical (unpaired) electrons. The molecule has 1 aliphatic heterocycles. The summed E-state index contributed by atoms with van der Waals surface area (Å²) in [7, 11) is 0. The molecule has 9 heteroatoms. The summed E-state index contributed by atoms with van der Waals surface area (Å²) in [5.74, 6) is -2.15. The monoisotopic (exact) mass is 460 g/mol. The lowest BCUT2D eigenvalue weighted by Crippen LogP contribution is -2.40. The highest BCUT2D eigenvalue weighted by molar-refractivity contribution is 7.13. The first-order valence-corrected chi connectivity index (χ1v) is 10.5. The van der Waals surface area contributed by atoms with Gasteiger partial charge in [0.1, 0.15) is 10.4 Å². The highest BCUT2D eigenvalue weighted by Gasteiger charge is 2.43. The van der Waals surface area contributed by atoms with Crippen molar-refractivity contribution in [3.05, 3.63) is 74.7 Å². The maximum atomic E-state index is 12.9. The second-order valence-electron chi connectivity index (χ2n) is 7.09. The van der Waals surface area contributed by atoms with E-state index in [1.807, 2.05) is 0 Å². The zero-order valence-corrected chi connectivity index (χ0v) is 18.1. The van der Waals surface area contributed by atoms with E-state index < -0.39 is 23.2 Å². The van der Waals surface area contributed by atoms with Crippen LogP contribution in [0.15, 0.2) is 47.8 Å². The van der Waals surface area contributed by atoms with Crippen LogP contribution in [0.4, 0.5) is 0 Å². The summed E-state index contributed by atoms with van der Waals surface area (Å²) in [5, 5.41) is 3.61. The minimum absolute atomic E-state index is 0.192. The Labute approximate surface area is 186 Å². The van der Waals surface area contributed by atoms with Gasteiger partial charge in [0.2, 0.25) is 0 Å². The third kappa shape index (κ3) is 3.29. The fraction of sp³-hybridized carbons (Fsp3) is 0.143. The number of hydrogen-bond donors (Lipinski definition) is 0. The molecule has 0 spiro atoms. The number of hydrogen-bond acceptors (Lipinski definition) is 6. The minimum Gasteiger partial charge on any atom is -0.329 e. The summed E-state index contributed by atoms with van der Waals surface area (Å²) >= 11 is 13.8. The zero-order chi connectivity index (χ0) is 21.6. The van der Waals surface area contributed by atoms with Gasteiger partial charge in [0.05, 0.1) is 26.9 Å². The lowest BCUT2D eigenvalue weighted by Gasteiger charge is -2.22. The molecular formula is C21H14Cl2N2O4S.